The number of piperazine rings is 1. The van der Waals surface area contributed by atoms with E-state index in [2.05, 4.69) is 40.0 Å². The molecule has 1 aliphatic heterocycles. The van der Waals surface area contributed by atoms with Gasteiger partial charge in [0.25, 0.3) is 0 Å². The van der Waals surface area contributed by atoms with Gasteiger partial charge in [-0.3, -0.25) is 9.69 Å². The smallest absolute Gasteiger partial charge is 0.234 e. The van der Waals surface area contributed by atoms with Crippen LogP contribution in [-0.2, 0) is 11.3 Å². The van der Waals surface area contributed by atoms with Crippen LogP contribution in [0.15, 0.2) is 42.5 Å². The van der Waals surface area contributed by atoms with Crippen LogP contribution >= 0.6 is 0 Å². The number of aromatic amines is 1. The van der Waals surface area contributed by atoms with Gasteiger partial charge in [-0.05, 0) is 66.6 Å². The molecule has 0 unspecified atom stereocenters. The summed E-state index contributed by atoms with van der Waals surface area (Å²) < 4.78 is 13.2. The molecule has 2 aromatic carbocycles. The summed E-state index contributed by atoms with van der Waals surface area (Å²) in [5.74, 6) is -0.171. The minimum absolute atomic E-state index is 0.0674. The second-order valence-electron chi connectivity index (χ2n) is 8.00. The number of carbonyl (C=O) groups excluding carboxylic acids is 1. The van der Waals surface area contributed by atoms with E-state index in [1.54, 1.807) is 12.1 Å². The topological polar surface area (TPSA) is 51.4 Å². The van der Waals surface area contributed by atoms with Gasteiger partial charge >= 0.3 is 0 Å². The minimum Gasteiger partial charge on any atom is -0.354 e. The van der Waals surface area contributed by atoms with E-state index in [1.807, 2.05) is 12.1 Å². The summed E-state index contributed by atoms with van der Waals surface area (Å²) in [6.07, 6.45) is 0. The first kappa shape index (κ1) is 20.6. The van der Waals surface area contributed by atoms with E-state index < -0.39 is 0 Å². The molecular formula is C24H29FN4O. The monoisotopic (exact) mass is 408 g/mol. The number of aromatic nitrogens is 1. The van der Waals surface area contributed by atoms with Crippen molar-refractivity contribution in [2.75, 3.05) is 39.3 Å². The molecule has 0 spiro atoms. The number of hydrogen-bond donors (Lipinski definition) is 2. The van der Waals surface area contributed by atoms with Gasteiger partial charge in [-0.1, -0.05) is 13.0 Å². The zero-order chi connectivity index (χ0) is 21.1. The average molecular weight is 409 g/mol. The SMILES string of the molecule is CCN1CCN(CC(=O)NCc2ccc3[nH]c(-c4ccc(F)cc4)c(C)c3c2)CC1. The van der Waals surface area contributed by atoms with Crippen molar-refractivity contribution in [2.45, 2.75) is 20.4 Å². The van der Waals surface area contributed by atoms with Gasteiger partial charge < -0.3 is 15.2 Å². The number of fused-ring (bicyclic) bond motifs is 1. The number of aryl methyl sites for hydroxylation is 1. The van der Waals surface area contributed by atoms with Crippen molar-refractivity contribution in [1.82, 2.24) is 20.1 Å². The molecule has 5 nitrogen and oxygen atoms in total. The van der Waals surface area contributed by atoms with Crippen molar-refractivity contribution in [3.63, 3.8) is 0 Å². The highest BCUT2D eigenvalue weighted by molar-refractivity contribution is 5.91. The molecule has 30 heavy (non-hydrogen) atoms. The highest BCUT2D eigenvalue weighted by Crippen LogP contribution is 2.30. The molecule has 1 amide bonds. The summed E-state index contributed by atoms with van der Waals surface area (Å²) in [7, 11) is 0. The van der Waals surface area contributed by atoms with Crippen LogP contribution in [0.4, 0.5) is 4.39 Å². The third-order valence-corrected chi connectivity index (χ3v) is 6.02. The van der Waals surface area contributed by atoms with Crippen LogP contribution in [0.25, 0.3) is 22.2 Å². The van der Waals surface area contributed by atoms with Gasteiger partial charge in [-0.25, -0.2) is 4.39 Å². The van der Waals surface area contributed by atoms with Gasteiger partial charge in [-0.2, -0.15) is 0 Å². The summed E-state index contributed by atoms with van der Waals surface area (Å²) in [6.45, 7) is 10.2. The van der Waals surface area contributed by atoms with E-state index in [0.29, 0.717) is 13.1 Å². The summed E-state index contributed by atoms with van der Waals surface area (Å²) in [5, 5.41) is 4.18. The molecule has 3 aromatic rings. The fourth-order valence-electron chi connectivity index (χ4n) is 4.11. The molecule has 0 bridgehead atoms. The molecule has 1 saturated heterocycles. The number of halogens is 1. The molecule has 0 radical (unpaired) electrons. The van der Waals surface area contributed by atoms with E-state index in [1.165, 1.54) is 12.1 Å². The van der Waals surface area contributed by atoms with Gasteiger partial charge in [0.1, 0.15) is 5.82 Å². The maximum Gasteiger partial charge on any atom is 0.234 e. The molecule has 0 saturated carbocycles. The van der Waals surface area contributed by atoms with E-state index in [9.17, 15) is 9.18 Å². The molecule has 0 atom stereocenters. The average Bonchev–Trinajstić information content (AvgIpc) is 3.09. The molecule has 0 aliphatic carbocycles. The Bertz CT molecular complexity index is 1020. The molecule has 6 heteroatoms. The van der Waals surface area contributed by atoms with Crippen molar-refractivity contribution in [3.8, 4) is 11.3 Å². The lowest BCUT2D eigenvalue weighted by atomic mass is 10.1. The first-order chi connectivity index (χ1) is 14.5. The Hall–Kier alpha value is -2.70. The Morgan fingerprint density at radius 1 is 1.07 bits per heavy atom. The number of benzene rings is 2. The van der Waals surface area contributed by atoms with Crippen molar-refractivity contribution >= 4 is 16.8 Å². The van der Waals surface area contributed by atoms with Crippen LogP contribution in [0.3, 0.4) is 0 Å². The predicted molar refractivity (Wildman–Crippen MR) is 119 cm³/mol. The van der Waals surface area contributed by atoms with Gasteiger partial charge in [0, 0.05) is 49.3 Å². The van der Waals surface area contributed by atoms with E-state index >= 15 is 0 Å². The third kappa shape index (κ3) is 4.55. The number of rotatable bonds is 6. The number of carbonyl (C=O) groups is 1. The second kappa shape index (κ2) is 8.98. The summed E-state index contributed by atoms with van der Waals surface area (Å²) in [5.41, 5.74) is 5.19. The zero-order valence-electron chi connectivity index (χ0n) is 17.7. The van der Waals surface area contributed by atoms with Crippen LogP contribution in [-0.4, -0.2) is 60.0 Å². The maximum absolute atomic E-state index is 13.2. The number of nitrogens with zero attached hydrogens (tertiary/aromatic N) is 2. The molecular weight excluding hydrogens is 379 g/mol. The van der Waals surface area contributed by atoms with Crippen molar-refractivity contribution in [1.29, 1.82) is 0 Å². The summed E-state index contributed by atoms with van der Waals surface area (Å²) >= 11 is 0. The van der Waals surface area contributed by atoms with Crippen LogP contribution in [0, 0.1) is 12.7 Å². The quantitative estimate of drug-likeness (QED) is 0.656. The molecule has 1 fully saturated rings. The Balaban J connectivity index is 1.39. The van der Waals surface area contributed by atoms with E-state index in [4.69, 9.17) is 0 Å². The van der Waals surface area contributed by atoms with Gasteiger partial charge in [0.2, 0.25) is 5.91 Å². The predicted octanol–water partition coefficient (Wildman–Crippen LogP) is 3.54. The van der Waals surface area contributed by atoms with E-state index in [0.717, 1.165) is 66.0 Å². The molecule has 4 rings (SSSR count). The first-order valence-electron chi connectivity index (χ1n) is 10.6. The van der Waals surface area contributed by atoms with Crippen LogP contribution < -0.4 is 5.32 Å². The molecule has 2 N–H and O–H groups in total. The van der Waals surface area contributed by atoms with E-state index in [-0.39, 0.29) is 11.7 Å². The normalized spacial score (nSPS) is 15.6. The lowest BCUT2D eigenvalue weighted by molar-refractivity contribution is -0.122. The van der Waals surface area contributed by atoms with Crippen molar-refractivity contribution in [2.24, 2.45) is 0 Å². The molecule has 1 aliphatic rings. The number of nitrogens with one attached hydrogen (secondary N) is 2. The highest BCUT2D eigenvalue weighted by Gasteiger charge is 2.17. The Labute approximate surface area is 176 Å². The Morgan fingerprint density at radius 3 is 2.47 bits per heavy atom. The fraction of sp³-hybridized carbons (Fsp3) is 0.375. The maximum atomic E-state index is 13.2. The van der Waals surface area contributed by atoms with Gasteiger partial charge in [-0.15, -0.1) is 0 Å². The second-order valence-corrected chi connectivity index (χ2v) is 8.00. The standard InChI is InChI=1S/C24H29FN4O/c1-3-28-10-12-29(13-11-28)16-23(30)26-15-18-4-9-22-21(14-18)17(2)24(27-22)19-5-7-20(25)8-6-19/h4-9,14,27H,3,10-13,15-16H2,1-2H3,(H,26,30). The van der Waals surface area contributed by atoms with Crippen LogP contribution in [0.2, 0.25) is 0 Å². The van der Waals surface area contributed by atoms with Crippen molar-refractivity contribution in [3.05, 3.63) is 59.4 Å². The molecule has 2 heterocycles. The minimum atomic E-state index is -0.238. The number of hydrogen-bond acceptors (Lipinski definition) is 3. The Morgan fingerprint density at radius 2 is 1.77 bits per heavy atom. The Kier molecular flexibility index (Phi) is 6.16. The lowest BCUT2D eigenvalue weighted by Crippen LogP contribution is -2.49. The number of likely N-dealkylation sites (N-methyl/N-ethyl adjacent to an activating group) is 1. The third-order valence-electron chi connectivity index (χ3n) is 6.02. The lowest BCUT2D eigenvalue weighted by Gasteiger charge is -2.33. The zero-order valence-corrected chi connectivity index (χ0v) is 17.7. The largest absolute Gasteiger partial charge is 0.354 e. The summed E-state index contributed by atoms with van der Waals surface area (Å²) in [4.78, 5) is 20.4. The molecule has 1 aromatic heterocycles. The first-order valence-corrected chi connectivity index (χ1v) is 10.6. The van der Waals surface area contributed by atoms with Gasteiger partial charge in [0.15, 0.2) is 0 Å². The fourth-order valence-corrected chi connectivity index (χ4v) is 4.11. The number of amides is 1. The highest BCUT2D eigenvalue weighted by atomic mass is 19.1. The molecule has 158 valence electrons. The van der Waals surface area contributed by atoms with Crippen LogP contribution in [0.1, 0.15) is 18.1 Å². The summed E-state index contributed by atoms with van der Waals surface area (Å²) in [6, 6.07) is 12.7. The van der Waals surface area contributed by atoms with Gasteiger partial charge in [0.05, 0.1) is 6.54 Å². The van der Waals surface area contributed by atoms with Crippen molar-refractivity contribution < 1.29 is 9.18 Å². The number of H-pyrrole nitrogens is 1. The van der Waals surface area contributed by atoms with Crippen LogP contribution in [0.5, 0.6) is 0 Å².